The van der Waals surface area contributed by atoms with Gasteiger partial charge in [0.05, 0.1) is 19.3 Å². The number of rotatable bonds is 5. The lowest BCUT2D eigenvalue weighted by atomic mass is 10.2. The van der Waals surface area contributed by atoms with Crippen LogP contribution in [0, 0.1) is 6.92 Å². The van der Waals surface area contributed by atoms with E-state index in [1.165, 1.54) is 0 Å². The quantitative estimate of drug-likeness (QED) is 0.539. The molecule has 0 radical (unpaired) electrons. The minimum Gasteiger partial charge on any atom is -0.497 e. The van der Waals surface area contributed by atoms with Gasteiger partial charge in [0.2, 0.25) is 0 Å². The molecule has 0 unspecified atom stereocenters. The number of methoxy groups -OCH3 is 1. The summed E-state index contributed by atoms with van der Waals surface area (Å²) < 4.78 is 7.14. The summed E-state index contributed by atoms with van der Waals surface area (Å²) in [7, 11) is 1.67. The van der Waals surface area contributed by atoms with Gasteiger partial charge in [-0.2, -0.15) is 5.10 Å². The number of hydrogen-bond donors (Lipinski definition) is 0. The SMILES string of the molecule is COc1cccc(-c2nc(Cn3nc(C)nc3-c3ccccn3)cs2)c1. The molecule has 3 heterocycles. The van der Waals surface area contributed by atoms with Crippen molar-refractivity contribution >= 4 is 11.3 Å². The number of aromatic nitrogens is 5. The molecular weight excluding hydrogens is 346 g/mol. The van der Waals surface area contributed by atoms with Crippen LogP contribution in [-0.4, -0.2) is 31.8 Å². The van der Waals surface area contributed by atoms with Gasteiger partial charge in [-0.05, 0) is 31.2 Å². The lowest BCUT2D eigenvalue weighted by Crippen LogP contribution is -2.05. The molecule has 6 nitrogen and oxygen atoms in total. The van der Waals surface area contributed by atoms with Crippen molar-refractivity contribution in [2.75, 3.05) is 7.11 Å². The average Bonchev–Trinajstić information content (AvgIpc) is 3.29. The van der Waals surface area contributed by atoms with Gasteiger partial charge in [0, 0.05) is 17.1 Å². The first-order chi connectivity index (χ1) is 12.7. The second kappa shape index (κ2) is 7.05. The molecule has 0 saturated carbocycles. The fourth-order valence-corrected chi connectivity index (χ4v) is 3.48. The van der Waals surface area contributed by atoms with E-state index < -0.39 is 0 Å². The van der Waals surface area contributed by atoms with Gasteiger partial charge in [0.15, 0.2) is 5.82 Å². The van der Waals surface area contributed by atoms with Crippen LogP contribution in [0.1, 0.15) is 11.5 Å². The summed E-state index contributed by atoms with van der Waals surface area (Å²) in [5.74, 6) is 2.29. The van der Waals surface area contributed by atoms with Crippen molar-refractivity contribution in [1.29, 1.82) is 0 Å². The molecule has 0 aliphatic carbocycles. The van der Waals surface area contributed by atoms with E-state index in [0.717, 1.165) is 33.5 Å². The molecule has 0 atom stereocenters. The molecule has 0 N–H and O–H groups in total. The Morgan fingerprint density at radius 1 is 1.12 bits per heavy atom. The van der Waals surface area contributed by atoms with Gasteiger partial charge in [-0.3, -0.25) is 4.98 Å². The van der Waals surface area contributed by atoms with Gasteiger partial charge in [-0.1, -0.05) is 18.2 Å². The molecule has 4 rings (SSSR count). The second-order valence-corrected chi connectivity index (χ2v) is 6.59. The maximum atomic E-state index is 5.29. The molecule has 0 amide bonds. The van der Waals surface area contributed by atoms with Gasteiger partial charge in [0.25, 0.3) is 0 Å². The number of thiazole rings is 1. The van der Waals surface area contributed by atoms with Crippen LogP contribution in [0.25, 0.3) is 22.1 Å². The van der Waals surface area contributed by atoms with Crippen LogP contribution in [0.3, 0.4) is 0 Å². The van der Waals surface area contributed by atoms with Crippen molar-refractivity contribution in [3.8, 4) is 27.8 Å². The Morgan fingerprint density at radius 3 is 2.85 bits per heavy atom. The fraction of sp³-hybridized carbons (Fsp3) is 0.158. The summed E-state index contributed by atoms with van der Waals surface area (Å²) in [6.07, 6.45) is 1.76. The summed E-state index contributed by atoms with van der Waals surface area (Å²) in [6.45, 7) is 2.43. The number of pyridine rings is 1. The Bertz CT molecular complexity index is 1030. The second-order valence-electron chi connectivity index (χ2n) is 5.73. The van der Waals surface area contributed by atoms with Gasteiger partial charge < -0.3 is 4.74 Å². The molecule has 0 saturated heterocycles. The molecule has 0 fully saturated rings. The maximum absolute atomic E-state index is 5.29. The first kappa shape index (κ1) is 16.4. The maximum Gasteiger partial charge on any atom is 0.177 e. The Labute approximate surface area is 155 Å². The molecule has 7 heteroatoms. The van der Waals surface area contributed by atoms with Gasteiger partial charge in [-0.15, -0.1) is 11.3 Å². The molecule has 0 bridgehead atoms. The summed E-state index contributed by atoms with van der Waals surface area (Å²) in [5.41, 5.74) is 2.78. The topological polar surface area (TPSA) is 65.7 Å². The molecule has 0 aliphatic rings. The standard InChI is InChI=1S/C19H17N5OS/c1-13-21-18(17-8-3-4-9-20-17)24(23-13)11-15-12-26-19(22-15)14-6-5-7-16(10-14)25-2/h3-10,12H,11H2,1-2H3. The third-order valence-corrected chi connectivity index (χ3v) is 4.79. The summed E-state index contributed by atoms with van der Waals surface area (Å²) in [4.78, 5) is 13.6. The Morgan fingerprint density at radius 2 is 2.04 bits per heavy atom. The van der Waals surface area contributed by atoms with E-state index in [0.29, 0.717) is 12.4 Å². The Hall–Kier alpha value is -3.06. The molecular formula is C19H17N5OS. The molecule has 0 spiro atoms. The van der Waals surface area contributed by atoms with Crippen LogP contribution in [0.4, 0.5) is 0 Å². The van der Waals surface area contributed by atoms with Crippen molar-refractivity contribution in [2.24, 2.45) is 0 Å². The highest BCUT2D eigenvalue weighted by atomic mass is 32.1. The number of nitrogens with zero attached hydrogens (tertiary/aromatic N) is 5. The molecule has 3 aromatic heterocycles. The molecule has 26 heavy (non-hydrogen) atoms. The summed E-state index contributed by atoms with van der Waals surface area (Å²) in [6, 6.07) is 13.7. The third-order valence-electron chi connectivity index (χ3n) is 3.85. The van der Waals surface area contributed by atoms with E-state index in [9.17, 15) is 0 Å². The van der Waals surface area contributed by atoms with Crippen LogP contribution in [0.2, 0.25) is 0 Å². The van der Waals surface area contributed by atoms with Crippen LogP contribution in [0.5, 0.6) is 5.75 Å². The van der Waals surface area contributed by atoms with Crippen molar-refractivity contribution < 1.29 is 4.74 Å². The van der Waals surface area contributed by atoms with E-state index >= 15 is 0 Å². The largest absolute Gasteiger partial charge is 0.497 e. The first-order valence-corrected chi connectivity index (χ1v) is 9.02. The third kappa shape index (κ3) is 3.34. The molecule has 1 aromatic carbocycles. The normalized spacial score (nSPS) is 10.8. The van der Waals surface area contributed by atoms with Crippen LogP contribution in [-0.2, 0) is 6.54 Å². The zero-order valence-corrected chi connectivity index (χ0v) is 15.3. The lowest BCUT2D eigenvalue weighted by molar-refractivity contribution is 0.415. The average molecular weight is 363 g/mol. The number of ether oxygens (including phenoxy) is 1. The van der Waals surface area contributed by atoms with Crippen molar-refractivity contribution in [3.05, 3.63) is 65.6 Å². The van der Waals surface area contributed by atoms with Crippen LogP contribution >= 0.6 is 11.3 Å². The molecule has 130 valence electrons. The minimum atomic E-state index is 0.549. The van der Waals surface area contributed by atoms with Gasteiger partial charge in [-0.25, -0.2) is 14.6 Å². The number of aryl methyl sites for hydroxylation is 1. The predicted octanol–water partition coefficient (Wildman–Crippen LogP) is 3.83. The van der Waals surface area contributed by atoms with Crippen LogP contribution < -0.4 is 4.74 Å². The minimum absolute atomic E-state index is 0.549. The highest BCUT2D eigenvalue weighted by molar-refractivity contribution is 7.13. The smallest absolute Gasteiger partial charge is 0.177 e. The molecule has 0 aliphatic heterocycles. The summed E-state index contributed by atoms with van der Waals surface area (Å²) >= 11 is 1.61. The van der Waals surface area contributed by atoms with E-state index in [1.54, 1.807) is 24.6 Å². The van der Waals surface area contributed by atoms with Crippen molar-refractivity contribution in [2.45, 2.75) is 13.5 Å². The Balaban J connectivity index is 1.62. The monoisotopic (exact) mass is 363 g/mol. The zero-order valence-electron chi connectivity index (χ0n) is 14.5. The fourth-order valence-electron chi connectivity index (χ4n) is 2.67. The van der Waals surface area contributed by atoms with Crippen LogP contribution in [0.15, 0.2) is 54.0 Å². The number of hydrogen-bond acceptors (Lipinski definition) is 6. The van der Waals surface area contributed by atoms with E-state index in [2.05, 4.69) is 15.1 Å². The highest BCUT2D eigenvalue weighted by Crippen LogP contribution is 2.27. The lowest BCUT2D eigenvalue weighted by Gasteiger charge is -2.03. The van der Waals surface area contributed by atoms with Gasteiger partial charge >= 0.3 is 0 Å². The van der Waals surface area contributed by atoms with E-state index in [-0.39, 0.29) is 0 Å². The van der Waals surface area contributed by atoms with E-state index in [1.807, 2.05) is 59.5 Å². The van der Waals surface area contributed by atoms with Crippen molar-refractivity contribution in [1.82, 2.24) is 24.7 Å². The predicted molar refractivity (Wildman–Crippen MR) is 101 cm³/mol. The zero-order chi connectivity index (χ0) is 17.9. The van der Waals surface area contributed by atoms with Gasteiger partial charge in [0.1, 0.15) is 22.3 Å². The number of benzene rings is 1. The summed E-state index contributed by atoms with van der Waals surface area (Å²) in [5, 5.41) is 7.51. The first-order valence-electron chi connectivity index (χ1n) is 8.14. The Kier molecular flexibility index (Phi) is 4.45. The van der Waals surface area contributed by atoms with E-state index in [4.69, 9.17) is 9.72 Å². The highest BCUT2D eigenvalue weighted by Gasteiger charge is 2.13. The van der Waals surface area contributed by atoms with Crippen molar-refractivity contribution in [3.63, 3.8) is 0 Å². The molecule has 4 aromatic rings.